The molecule has 0 fully saturated rings. The van der Waals surface area contributed by atoms with E-state index in [1.54, 1.807) is 10.8 Å². The molecule has 0 saturated heterocycles. The number of aromatic nitrogens is 4. The highest BCUT2D eigenvalue weighted by Crippen LogP contribution is 2.37. The lowest BCUT2D eigenvalue weighted by Gasteiger charge is -2.10. The Labute approximate surface area is 139 Å². The summed E-state index contributed by atoms with van der Waals surface area (Å²) in [6.07, 6.45) is 3.48. The average Bonchev–Trinajstić information content (AvgIpc) is 2.86. The zero-order chi connectivity index (χ0) is 15.0. The minimum absolute atomic E-state index is 0.292. The van der Waals surface area contributed by atoms with Gasteiger partial charge in [0.2, 0.25) is 0 Å². The first-order valence-corrected chi connectivity index (χ1v) is 7.58. The summed E-state index contributed by atoms with van der Waals surface area (Å²) in [5, 5.41) is 0.583. The lowest BCUT2D eigenvalue weighted by atomic mass is 10.1. The van der Waals surface area contributed by atoms with Crippen molar-refractivity contribution in [3.8, 4) is 22.8 Å². The van der Waals surface area contributed by atoms with Crippen LogP contribution in [0.2, 0.25) is 10.3 Å². The van der Waals surface area contributed by atoms with Gasteiger partial charge < -0.3 is 4.57 Å². The number of hydrogen-bond donors (Lipinski definition) is 0. The van der Waals surface area contributed by atoms with Crippen LogP contribution in [0.4, 0.5) is 0 Å². The van der Waals surface area contributed by atoms with Gasteiger partial charge in [-0.3, -0.25) is 0 Å². The van der Waals surface area contributed by atoms with Crippen molar-refractivity contribution in [3.05, 3.63) is 51.4 Å². The predicted molar refractivity (Wildman–Crippen MR) is 87.4 cm³/mol. The van der Waals surface area contributed by atoms with Crippen molar-refractivity contribution < 1.29 is 0 Å². The molecule has 3 aromatic rings. The van der Waals surface area contributed by atoms with E-state index < -0.39 is 0 Å². The first-order valence-electron chi connectivity index (χ1n) is 6.03. The maximum absolute atomic E-state index is 6.32. The zero-order valence-electron chi connectivity index (χ0n) is 10.9. The van der Waals surface area contributed by atoms with E-state index in [2.05, 4.69) is 30.9 Å². The number of benzene rings is 1. The Kier molecular flexibility index (Phi) is 3.97. The minimum atomic E-state index is 0.292. The van der Waals surface area contributed by atoms with Crippen LogP contribution in [0.3, 0.4) is 0 Å². The normalized spacial score (nSPS) is 10.9. The van der Waals surface area contributed by atoms with Crippen LogP contribution >= 0.6 is 39.1 Å². The molecular formula is C14H9BrCl2N4. The quantitative estimate of drug-likeness (QED) is 0.606. The van der Waals surface area contributed by atoms with E-state index in [1.165, 1.54) is 0 Å². The molecule has 106 valence electrons. The molecule has 0 bridgehead atoms. The van der Waals surface area contributed by atoms with E-state index in [1.807, 2.05) is 37.5 Å². The number of aryl methyl sites for hydroxylation is 1. The molecule has 2 heterocycles. The molecule has 0 amide bonds. The van der Waals surface area contributed by atoms with Gasteiger partial charge in [-0.15, -0.1) is 0 Å². The minimum Gasteiger partial charge on any atom is -0.331 e. The van der Waals surface area contributed by atoms with Crippen molar-refractivity contribution in [2.45, 2.75) is 0 Å². The van der Waals surface area contributed by atoms with Gasteiger partial charge in [-0.25, -0.2) is 15.0 Å². The van der Waals surface area contributed by atoms with Crippen LogP contribution in [0, 0.1) is 0 Å². The smallest absolute Gasteiger partial charge is 0.198 e. The summed E-state index contributed by atoms with van der Waals surface area (Å²) in [5.41, 5.74) is 1.45. The van der Waals surface area contributed by atoms with Gasteiger partial charge in [0.15, 0.2) is 11.6 Å². The Bertz CT molecular complexity index is 793. The number of imidazole rings is 1. The maximum Gasteiger partial charge on any atom is 0.198 e. The molecule has 0 aliphatic heterocycles. The van der Waals surface area contributed by atoms with Gasteiger partial charge in [-0.05, 0) is 6.07 Å². The number of rotatable bonds is 2. The highest BCUT2D eigenvalue weighted by Gasteiger charge is 2.18. The van der Waals surface area contributed by atoms with Crippen LogP contribution in [0.15, 0.2) is 41.1 Å². The molecule has 0 atom stereocenters. The predicted octanol–water partition coefficient (Wildman–Crippen LogP) is 4.61. The van der Waals surface area contributed by atoms with E-state index in [0.717, 1.165) is 10.0 Å². The average molecular weight is 384 g/mol. The van der Waals surface area contributed by atoms with E-state index in [0.29, 0.717) is 27.5 Å². The van der Waals surface area contributed by atoms with Crippen molar-refractivity contribution in [2.24, 2.45) is 7.05 Å². The largest absolute Gasteiger partial charge is 0.331 e. The van der Waals surface area contributed by atoms with Gasteiger partial charge in [0.1, 0.15) is 10.3 Å². The third-order valence-corrected chi connectivity index (χ3v) is 4.22. The molecule has 1 aromatic carbocycles. The second-order valence-electron chi connectivity index (χ2n) is 4.35. The molecule has 0 N–H and O–H groups in total. The Hall–Kier alpha value is -1.43. The summed E-state index contributed by atoms with van der Waals surface area (Å²) in [6, 6.07) is 7.63. The van der Waals surface area contributed by atoms with Crippen LogP contribution in [0.25, 0.3) is 22.8 Å². The summed E-state index contributed by atoms with van der Waals surface area (Å²) < 4.78 is 2.68. The second kappa shape index (κ2) is 5.75. The van der Waals surface area contributed by atoms with Crippen LogP contribution in [-0.2, 0) is 7.05 Å². The number of nitrogens with zero attached hydrogens (tertiary/aromatic N) is 4. The van der Waals surface area contributed by atoms with Crippen LogP contribution in [0.1, 0.15) is 0 Å². The summed E-state index contributed by atoms with van der Waals surface area (Å²) >= 11 is 16.1. The summed E-state index contributed by atoms with van der Waals surface area (Å²) in [6.45, 7) is 0. The molecule has 7 heteroatoms. The Morgan fingerprint density at radius 3 is 2.33 bits per heavy atom. The standard InChI is InChI=1S/C14H9BrCl2N4/c1-21-7-6-18-14(21)13-19-11(16)10(12(17)20-13)8-4-2-3-5-9(8)15/h2-7H,1H3. The van der Waals surface area contributed by atoms with Gasteiger partial charge >= 0.3 is 0 Å². The van der Waals surface area contributed by atoms with Gasteiger partial charge in [0.25, 0.3) is 0 Å². The third kappa shape index (κ3) is 2.69. The van der Waals surface area contributed by atoms with Crippen molar-refractivity contribution >= 4 is 39.1 Å². The SMILES string of the molecule is Cn1ccnc1-c1nc(Cl)c(-c2ccccc2Br)c(Cl)n1. The summed E-state index contributed by atoms with van der Waals surface area (Å²) in [5.74, 6) is 1.01. The molecule has 2 aromatic heterocycles. The van der Waals surface area contributed by atoms with Crippen LogP contribution in [-0.4, -0.2) is 19.5 Å². The number of halogens is 3. The first kappa shape index (κ1) is 14.5. The van der Waals surface area contributed by atoms with E-state index >= 15 is 0 Å². The third-order valence-electron chi connectivity index (χ3n) is 2.99. The van der Waals surface area contributed by atoms with E-state index in [9.17, 15) is 0 Å². The summed E-state index contributed by atoms with van der Waals surface area (Å²) in [7, 11) is 1.86. The fourth-order valence-corrected chi connectivity index (χ4v) is 3.05. The second-order valence-corrected chi connectivity index (χ2v) is 5.92. The molecule has 21 heavy (non-hydrogen) atoms. The van der Waals surface area contributed by atoms with E-state index in [-0.39, 0.29) is 0 Å². The Morgan fingerprint density at radius 2 is 1.76 bits per heavy atom. The zero-order valence-corrected chi connectivity index (χ0v) is 14.0. The fraction of sp³-hybridized carbons (Fsp3) is 0.0714. The molecule has 0 spiro atoms. The van der Waals surface area contributed by atoms with E-state index in [4.69, 9.17) is 23.2 Å². The molecule has 0 aliphatic rings. The van der Waals surface area contributed by atoms with Gasteiger partial charge in [-0.1, -0.05) is 57.3 Å². The van der Waals surface area contributed by atoms with Crippen molar-refractivity contribution in [1.29, 1.82) is 0 Å². The lowest BCUT2D eigenvalue weighted by Crippen LogP contribution is -1.99. The molecule has 0 unspecified atom stereocenters. The van der Waals surface area contributed by atoms with Gasteiger partial charge in [-0.2, -0.15) is 0 Å². The molecule has 3 rings (SSSR count). The van der Waals surface area contributed by atoms with Gasteiger partial charge in [0, 0.05) is 29.5 Å². The molecule has 0 radical (unpaired) electrons. The topological polar surface area (TPSA) is 43.6 Å². The first-order chi connectivity index (χ1) is 10.1. The summed E-state index contributed by atoms with van der Waals surface area (Å²) in [4.78, 5) is 12.8. The number of hydrogen-bond acceptors (Lipinski definition) is 3. The molecule has 4 nitrogen and oxygen atoms in total. The fourth-order valence-electron chi connectivity index (χ4n) is 1.98. The molecular weight excluding hydrogens is 375 g/mol. The lowest BCUT2D eigenvalue weighted by molar-refractivity contribution is 0.906. The molecule has 0 aliphatic carbocycles. The van der Waals surface area contributed by atoms with Crippen molar-refractivity contribution in [1.82, 2.24) is 19.5 Å². The highest BCUT2D eigenvalue weighted by atomic mass is 79.9. The Morgan fingerprint density at radius 1 is 1.10 bits per heavy atom. The van der Waals surface area contributed by atoms with Gasteiger partial charge in [0.05, 0.1) is 5.56 Å². The maximum atomic E-state index is 6.32. The Balaban J connectivity index is 2.18. The molecule has 0 saturated carbocycles. The van der Waals surface area contributed by atoms with Crippen molar-refractivity contribution in [2.75, 3.05) is 0 Å². The monoisotopic (exact) mass is 382 g/mol. The highest BCUT2D eigenvalue weighted by molar-refractivity contribution is 9.10. The van der Waals surface area contributed by atoms with Crippen molar-refractivity contribution in [3.63, 3.8) is 0 Å². The van der Waals surface area contributed by atoms with Crippen LogP contribution < -0.4 is 0 Å². The van der Waals surface area contributed by atoms with Crippen LogP contribution in [0.5, 0.6) is 0 Å².